The van der Waals surface area contributed by atoms with Crippen molar-refractivity contribution >= 4 is 46.2 Å². The summed E-state index contributed by atoms with van der Waals surface area (Å²) < 4.78 is 42.6. The second-order valence-electron chi connectivity index (χ2n) is 9.82. The van der Waals surface area contributed by atoms with Crippen LogP contribution in [0.2, 0.25) is 0 Å². The van der Waals surface area contributed by atoms with E-state index in [1.807, 2.05) is 24.3 Å². The number of hydrogen-bond acceptors (Lipinski definition) is 6. The predicted octanol–water partition coefficient (Wildman–Crippen LogP) is 6.96. The average Bonchev–Trinajstić information content (AvgIpc) is 3.61. The molecule has 43 heavy (non-hydrogen) atoms. The Balaban J connectivity index is 1.08. The quantitative estimate of drug-likeness (QED) is 0.147. The molecule has 218 valence electrons. The van der Waals surface area contributed by atoms with Crippen LogP contribution in [0.15, 0.2) is 94.9 Å². The van der Waals surface area contributed by atoms with Gasteiger partial charge in [-0.1, -0.05) is 61.2 Å². The molecule has 1 saturated heterocycles. The van der Waals surface area contributed by atoms with Gasteiger partial charge in [-0.05, 0) is 66.2 Å². The van der Waals surface area contributed by atoms with Gasteiger partial charge < -0.3 is 4.74 Å². The first-order valence-corrected chi connectivity index (χ1v) is 14.6. The molecule has 4 aromatic rings. The summed E-state index contributed by atoms with van der Waals surface area (Å²) in [6, 6.07) is 19.1. The Morgan fingerprint density at radius 1 is 1.12 bits per heavy atom. The van der Waals surface area contributed by atoms with E-state index in [9.17, 15) is 13.2 Å². The summed E-state index contributed by atoms with van der Waals surface area (Å²) in [5, 5.41) is 9.76. The van der Waals surface area contributed by atoms with Crippen LogP contribution >= 0.6 is 24.0 Å². The molecule has 0 radical (unpaired) electrons. The first-order valence-electron chi connectivity index (χ1n) is 13.2. The van der Waals surface area contributed by atoms with Gasteiger partial charge in [0.2, 0.25) is 5.11 Å². The lowest BCUT2D eigenvalue weighted by Crippen LogP contribution is -2.29. The molecule has 1 atom stereocenters. The third-order valence-corrected chi connectivity index (χ3v) is 7.99. The van der Waals surface area contributed by atoms with Gasteiger partial charge in [-0.15, -0.1) is 18.3 Å². The highest BCUT2D eigenvalue weighted by Gasteiger charge is 2.33. The van der Waals surface area contributed by atoms with Gasteiger partial charge in [0.25, 0.3) is 0 Å². The summed E-state index contributed by atoms with van der Waals surface area (Å²) in [5.41, 5.74) is 9.88. The number of hydrogen-bond donors (Lipinski definition) is 1. The van der Waals surface area contributed by atoms with E-state index in [-0.39, 0.29) is 10.9 Å². The minimum Gasteiger partial charge on any atom is -0.406 e. The van der Waals surface area contributed by atoms with Crippen molar-refractivity contribution in [2.24, 2.45) is 10.1 Å². The van der Waals surface area contributed by atoms with Crippen LogP contribution in [0.5, 0.6) is 5.75 Å². The number of thiocarbonyl (C=S) groups is 1. The summed E-state index contributed by atoms with van der Waals surface area (Å²) in [4.78, 5) is 11.1. The van der Waals surface area contributed by atoms with Crippen molar-refractivity contribution in [2.45, 2.75) is 26.1 Å². The van der Waals surface area contributed by atoms with Crippen LogP contribution in [0.3, 0.4) is 0 Å². The van der Waals surface area contributed by atoms with Crippen molar-refractivity contribution < 1.29 is 17.9 Å². The number of benzene rings is 3. The topological polar surface area (TPSA) is 79.9 Å². The molecule has 0 amide bonds. The highest BCUT2D eigenvalue weighted by atomic mass is 32.2. The number of allylic oxidation sites excluding steroid dienone is 1. The lowest BCUT2D eigenvalue weighted by molar-refractivity contribution is -0.274. The fourth-order valence-corrected chi connectivity index (χ4v) is 6.19. The number of alkyl halides is 3. The molecule has 0 aliphatic carbocycles. The van der Waals surface area contributed by atoms with E-state index in [1.165, 1.54) is 52.1 Å². The third kappa shape index (κ3) is 6.32. The largest absolute Gasteiger partial charge is 0.573 e. The van der Waals surface area contributed by atoms with Crippen molar-refractivity contribution in [1.29, 1.82) is 0 Å². The zero-order valence-electron chi connectivity index (χ0n) is 22.9. The Hall–Kier alpha value is -4.49. The maximum atomic E-state index is 12.4. The van der Waals surface area contributed by atoms with Crippen LogP contribution in [0, 0.1) is 6.92 Å². The molecule has 3 aromatic carbocycles. The number of halogens is 3. The van der Waals surface area contributed by atoms with Crippen molar-refractivity contribution in [3.05, 3.63) is 102 Å². The van der Waals surface area contributed by atoms with Gasteiger partial charge in [0.1, 0.15) is 12.1 Å². The van der Waals surface area contributed by atoms with Crippen LogP contribution < -0.4 is 15.1 Å². The van der Waals surface area contributed by atoms with Gasteiger partial charge in [-0.3, -0.25) is 10.3 Å². The van der Waals surface area contributed by atoms with Crippen LogP contribution in [0.25, 0.3) is 17.1 Å². The lowest BCUT2D eigenvalue weighted by atomic mass is 9.90. The Labute approximate surface area is 255 Å². The van der Waals surface area contributed by atoms with Gasteiger partial charge in [0.05, 0.1) is 17.6 Å². The van der Waals surface area contributed by atoms with E-state index in [4.69, 9.17) is 12.2 Å². The molecule has 0 saturated carbocycles. The second-order valence-corrected chi connectivity index (χ2v) is 11.2. The number of aliphatic imine (C=N–C) groups is 1. The standard InChI is InChI=1S/C30H24F3N7OS2/c1-18-4-3-5-25-26(18)19(2)14-23-16-43-29(40(23)25)36-28(42)37-35-15-20-6-8-21(9-7-20)27-34-17-39(38-27)22-10-12-24(13-11-22)41-30(31,32)33/h3-15,17,19H,16H2,1-2H3,(H,37,42)/b35-15+,36-29-. The van der Waals surface area contributed by atoms with Crippen LogP contribution in [0.4, 0.5) is 18.9 Å². The molecular formula is C30H24F3N7OS2. The predicted molar refractivity (Wildman–Crippen MR) is 167 cm³/mol. The zero-order valence-corrected chi connectivity index (χ0v) is 24.5. The zero-order chi connectivity index (χ0) is 30.1. The normalized spacial score (nSPS) is 17.1. The number of hydrazone groups is 1. The number of anilines is 1. The average molecular weight is 620 g/mol. The summed E-state index contributed by atoms with van der Waals surface area (Å²) in [6.07, 6.45) is 0.673. The first kappa shape index (κ1) is 28.6. The van der Waals surface area contributed by atoms with Gasteiger partial charge in [-0.2, -0.15) is 10.1 Å². The molecule has 1 N–H and O–H groups in total. The molecule has 3 heterocycles. The molecule has 1 aromatic heterocycles. The molecule has 2 aliphatic heterocycles. The Morgan fingerprint density at radius 3 is 2.63 bits per heavy atom. The fraction of sp³-hybridized carbons (Fsp3) is 0.167. The van der Waals surface area contributed by atoms with E-state index in [0.717, 1.165) is 27.7 Å². The van der Waals surface area contributed by atoms with Crippen LogP contribution in [0.1, 0.15) is 29.5 Å². The maximum Gasteiger partial charge on any atom is 0.573 e. The summed E-state index contributed by atoms with van der Waals surface area (Å²) in [6.45, 7) is 4.35. The minimum absolute atomic E-state index is 0.261. The Bertz CT molecular complexity index is 1760. The molecule has 1 unspecified atom stereocenters. The van der Waals surface area contributed by atoms with E-state index < -0.39 is 6.36 Å². The van der Waals surface area contributed by atoms with Gasteiger partial charge >= 0.3 is 6.36 Å². The number of aryl methyl sites for hydroxylation is 1. The molecule has 6 rings (SSSR count). The number of nitrogens with zero attached hydrogens (tertiary/aromatic N) is 6. The van der Waals surface area contributed by atoms with Crippen molar-refractivity contribution in [3.8, 4) is 22.8 Å². The monoisotopic (exact) mass is 619 g/mol. The Morgan fingerprint density at radius 2 is 1.88 bits per heavy atom. The second kappa shape index (κ2) is 11.7. The number of fused-ring (bicyclic) bond motifs is 3. The molecule has 13 heteroatoms. The van der Waals surface area contributed by atoms with E-state index in [2.05, 4.69) is 73.4 Å². The fourth-order valence-electron chi connectivity index (χ4n) is 4.99. The highest BCUT2D eigenvalue weighted by molar-refractivity contribution is 8.14. The van der Waals surface area contributed by atoms with Gasteiger partial charge in [-0.25, -0.2) is 9.67 Å². The Kier molecular flexibility index (Phi) is 7.75. The number of rotatable bonds is 5. The molecule has 8 nitrogen and oxygen atoms in total. The maximum absolute atomic E-state index is 12.4. The third-order valence-electron chi connectivity index (χ3n) is 6.83. The van der Waals surface area contributed by atoms with Crippen molar-refractivity contribution in [1.82, 2.24) is 20.2 Å². The SMILES string of the molecule is Cc1cccc2c1C(C)C=C1CS/C(=N\C(=S)N/N=C/c3ccc(-c4ncn(-c5ccc(OC(F)(F)F)cc5)n4)cc3)N12. The molecule has 1 fully saturated rings. The van der Waals surface area contributed by atoms with E-state index in [1.54, 1.807) is 18.0 Å². The van der Waals surface area contributed by atoms with Gasteiger partial charge in [0, 0.05) is 22.9 Å². The first-order chi connectivity index (χ1) is 20.6. The summed E-state index contributed by atoms with van der Waals surface area (Å²) in [5.74, 6) is 1.33. The summed E-state index contributed by atoms with van der Waals surface area (Å²) in [7, 11) is 0. The molecule has 0 spiro atoms. The van der Waals surface area contributed by atoms with E-state index in [0.29, 0.717) is 17.4 Å². The minimum atomic E-state index is -4.75. The highest BCUT2D eigenvalue weighted by Crippen LogP contribution is 2.44. The molecular weight excluding hydrogens is 596 g/mol. The van der Waals surface area contributed by atoms with E-state index >= 15 is 0 Å². The van der Waals surface area contributed by atoms with Crippen molar-refractivity contribution in [2.75, 3.05) is 10.7 Å². The van der Waals surface area contributed by atoms with Gasteiger partial charge in [0.15, 0.2) is 11.0 Å². The molecule has 2 aliphatic rings. The van der Waals surface area contributed by atoms with Crippen LogP contribution in [-0.2, 0) is 0 Å². The number of amidine groups is 1. The van der Waals surface area contributed by atoms with Crippen LogP contribution in [-0.4, -0.2) is 43.4 Å². The molecule has 0 bridgehead atoms. The smallest absolute Gasteiger partial charge is 0.406 e. The summed E-state index contributed by atoms with van der Waals surface area (Å²) >= 11 is 7.11. The van der Waals surface area contributed by atoms with Crippen molar-refractivity contribution in [3.63, 3.8) is 0 Å². The number of aromatic nitrogens is 3. The number of ether oxygens (including phenoxy) is 1. The number of thioether (sulfide) groups is 1. The lowest BCUT2D eigenvalue weighted by Gasteiger charge is -2.31. The number of nitrogens with one attached hydrogen (secondary N) is 1.